The Morgan fingerprint density at radius 1 is 1.20 bits per heavy atom. The number of nitrogens with zero attached hydrogens (tertiary/aromatic N) is 1. The van der Waals surface area contributed by atoms with Crippen molar-refractivity contribution in [3.05, 3.63) is 15.6 Å². The maximum atomic E-state index is 5.10. The van der Waals surface area contributed by atoms with Gasteiger partial charge in [0.15, 0.2) is 0 Å². The van der Waals surface area contributed by atoms with Crippen molar-refractivity contribution in [1.82, 2.24) is 10.3 Å². The molecule has 2 heterocycles. The van der Waals surface area contributed by atoms with Gasteiger partial charge in [-0.15, -0.1) is 23.1 Å². The van der Waals surface area contributed by atoms with Crippen molar-refractivity contribution in [3.8, 4) is 0 Å². The molecule has 2 unspecified atom stereocenters. The first-order chi connectivity index (χ1) is 9.90. The van der Waals surface area contributed by atoms with E-state index in [-0.39, 0.29) is 0 Å². The number of aryl methyl sites for hydroxylation is 1. The summed E-state index contributed by atoms with van der Waals surface area (Å²) in [6.07, 6.45) is 6.74. The number of hydrogen-bond acceptors (Lipinski definition) is 5. The molecule has 2 aliphatic carbocycles. The van der Waals surface area contributed by atoms with Crippen LogP contribution in [0.5, 0.6) is 0 Å². The summed E-state index contributed by atoms with van der Waals surface area (Å²) in [6, 6.07) is 0.823. The topological polar surface area (TPSA) is 24.9 Å². The van der Waals surface area contributed by atoms with Gasteiger partial charge in [0, 0.05) is 40.6 Å². The predicted molar refractivity (Wildman–Crippen MR) is 91.3 cm³/mol. The fourth-order valence-corrected chi connectivity index (χ4v) is 7.27. The van der Waals surface area contributed by atoms with Crippen molar-refractivity contribution in [2.75, 3.05) is 23.8 Å². The predicted octanol–water partition coefficient (Wildman–Crippen LogP) is 3.84. The molecule has 1 aromatic heterocycles. The monoisotopic (exact) mass is 326 g/mol. The van der Waals surface area contributed by atoms with Crippen molar-refractivity contribution >= 4 is 34.9 Å². The number of fused-ring (bicyclic) bond motifs is 1. The molecule has 110 valence electrons. The summed E-state index contributed by atoms with van der Waals surface area (Å²) in [5, 5.41) is 5.80. The summed E-state index contributed by atoms with van der Waals surface area (Å²) in [6.45, 7) is 1.16. The minimum absolute atomic E-state index is 0.668. The van der Waals surface area contributed by atoms with Crippen molar-refractivity contribution in [1.29, 1.82) is 0 Å². The number of thiazole rings is 1. The van der Waals surface area contributed by atoms with Crippen molar-refractivity contribution in [2.24, 2.45) is 0 Å². The van der Waals surface area contributed by atoms with Crippen molar-refractivity contribution in [2.45, 2.75) is 49.3 Å². The third-order valence-electron chi connectivity index (χ3n) is 4.41. The van der Waals surface area contributed by atoms with E-state index in [1.54, 1.807) is 4.88 Å². The van der Waals surface area contributed by atoms with E-state index in [2.05, 4.69) is 28.8 Å². The van der Waals surface area contributed by atoms with Crippen LogP contribution in [-0.4, -0.2) is 34.8 Å². The van der Waals surface area contributed by atoms with Crippen LogP contribution >= 0.6 is 34.9 Å². The summed E-state index contributed by atoms with van der Waals surface area (Å²) in [5.41, 5.74) is 1.46. The number of nitrogens with one attached hydrogen (secondary N) is 1. The van der Waals surface area contributed by atoms with Crippen molar-refractivity contribution in [3.63, 3.8) is 0 Å². The highest BCUT2D eigenvalue weighted by molar-refractivity contribution is 8.06. The molecule has 1 aromatic rings. The molecule has 2 nitrogen and oxygen atoms in total. The van der Waals surface area contributed by atoms with E-state index in [4.69, 9.17) is 4.98 Å². The van der Waals surface area contributed by atoms with E-state index in [9.17, 15) is 0 Å². The standard InChI is InChI=1S/C15H22N2S3/c1-2-10(8-16-11-4-5-11)14-12(3-1)20-15(17-14)13-9-18-6-7-19-13/h10-11,13,16H,1-9H2. The number of hydrogen-bond donors (Lipinski definition) is 1. The van der Waals surface area contributed by atoms with Gasteiger partial charge >= 0.3 is 0 Å². The molecule has 2 fully saturated rings. The van der Waals surface area contributed by atoms with Crippen LogP contribution in [0.4, 0.5) is 0 Å². The van der Waals surface area contributed by atoms with Crippen LogP contribution in [0.3, 0.4) is 0 Å². The molecule has 0 spiro atoms. The molecule has 1 saturated heterocycles. The van der Waals surface area contributed by atoms with Gasteiger partial charge in [0.2, 0.25) is 0 Å². The zero-order valence-corrected chi connectivity index (χ0v) is 14.2. The Hall–Kier alpha value is 0.290. The summed E-state index contributed by atoms with van der Waals surface area (Å²) in [5.74, 6) is 4.57. The first kappa shape index (κ1) is 13.9. The highest BCUT2D eigenvalue weighted by atomic mass is 32.2. The second-order valence-corrected chi connectivity index (χ2v) is 9.64. The summed E-state index contributed by atoms with van der Waals surface area (Å²) in [7, 11) is 0. The van der Waals surface area contributed by atoms with Gasteiger partial charge < -0.3 is 5.32 Å². The molecule has 3 aliphatic rings. The summed E-state index contributed by atoms with van der Waals surface area (Å²) >= 11 is 6.24. The zero-order valence-electron chi connectivity index (χ0n) is 11.8. The molecule has 1 aliphatic heterocycles. The first-order valence-electron chi connectivity index (χ1n) is 7.82. The van der Waals surface area contributed by atoms with E-state index in [0.717, 1.165) is 12.6 Å². The van der Waals surface area contributed by atoms with Crippen LogP contribution in [0.2, 0.25) is 0 Å². The largest absolute Gasteiger partial charge is 0.313 e. The molecule has 4 rings (SSSR count). The van der Waals surface area contributed by atoms with Crippen molar-refractivity contribution < 1.29 is 0 Å². The van der Waals surface area contributed by atoms with Crippen LogP contribution in [0.1, 0.15) is 52.4 Å². The van der Waals surface area contributed by atoms with E-state index < -0.39 is 0 Å². The molecule has 2 atom stereocenters. The van der Waals surface area contributed by atoms with Gasteiger partial charge in [0.1, 0.15) is 5.01 Å². The lowest BCUT2D eigenvalue weighted by Crippen LogP contribution is -2.25. The van der Waals surface area contributed by atoms with Crippen LogP contribution < -0.4 is 5.32 Å². The van der Waals surface area contributed by atoms with E-state index in [1.165, 1.54) is 60.1 Å². The molecule has 0 aromatic carbocycles. The van der Waals surface area contributed by atoms with Gasteiger partial charge in [-0.2, -0.15) is 11.8 Å². The maximum Gasteiger partial charge on any atom is 0.107 e. The molecule has 0 bridgehead atoms. The number of thioether (sulfide) groups is 2. The second kappa shape index (κ2) is 6.19. The highest BCUT2D eigenvalue weighted by Crippen LogP contribution is 2.42. The van der Waals surface area contributed by atoms with Gasteiger partial charge in [0.05, 0.1) is 10.9 Å². The Bertz CT molecular complexity index is 464. The third-order valence-corrected chi connectivity index (χ3v) is 8.57. The van der Waals surface area contributed by atoms with Crippen LogP contribution in [-0.2, 0) is 6.42 Å². The summed E-state index contributed by atoms with van der Waals surface area (Å²) in [4.78, 5) is 6.70. The molecule has 5 heteroatoms. The van der Waals surface area contributed by atoms with Gasteiger partial charge in [-0.25, -0.2) is 4.98 Å². The SMILES string of the molecule is C1Cc2sc(C3CSCCS3)nc2C(CNC2CC2)C1. The Morgan fingerprint density at radius 2 is 2.15 bits per heavy atom. The van der Waals surface area contributed by atoms with E-state index in [1.807, 2.05) is 11.3 Å². The quantitative estimate of drug-likeness (QED) is 0.909. The second-order valence-electron chi connectivity index (χ2n) is 6.07. The zero-order chi connectivity index (χ0) is 13.4. The fourth-order valence-electron chi connectivity index (χ4n) is 3.09. The molecule has 20 heavy (non-hydrogen) atoms. The van der Waals surface area contributed by atoms with Crippen LogP contribution in [0.25, 0.3) is 0 Å². The summed E-state index contributed by atoms with van der Waals surface area (Å²) < 4.78 is 0. The normalized spacial score (nSPS) is 30.2. The molecular weight excluding hydrogens is 304 g/mol. The highest BCUT2D eigenvalue weighted by Gasteiger charge is 2.29. The van der Waals surface area contributed by atoms with E-state index >= 15 is 0 Å². The Kier molecular flexibility index (Phi) is 4.31. The molecule has 1 N–H and O–H groups in total. The van der Waals surface area contributed by atoms with E-state index in [0.29, 0.717) is 11.2 Å². The number of aromatic nitrogens is 1. The lowest BCUT2D eigenvalue weighted by molar-refractivity contribution is 0.499. The molecule has 1 saturated carbocycles. The average Bonchev–Trinajstić information content (AvgIpc) is 3.22. The molecular formula is C15H22N2S3. The first-order valence-corrected chi connectivity index (χ1v) is 10.8. The lowest BCUT2D eigenvalue weighted by Gasteiger charge is -2.21. The Labute approximate surface area is 133 Å². The lowest BCUT2D eigenvalue weighted by atomic mass is 9.91. The van der Waals surface area contributed by atoms with Gasteiger partial charge in [-0.1, -0.05) is 0 Å². The van der Waals surface area contributed by atoms with Gasteiger partial charge in [0.25, 0.3) is 0 Å². The minimum Gasteiger partial charge on any atom is -0.313 e. The fraction of sp³-hybridized carbons (Fsp3) is 0.800. The van der Waals surface area contributed by atoms with Crippen LogP contribution in [0, 0.1) is 0 Å². The molecule has 0 amide bonds. The smallest absolute Gasteiger partial charge is 0.107 e. The Balaban J connectivity index is 1.49. The average molecular weight is 327 g/mol. The Morgan fingerprint density at radius 3 is 2.95 bits per heavy atom. The molecule has 0 radical (unpaired) electrons. The maximum absolute atomic E-state index is 5.10. The minimum atomic E-state index is 0.668. The third kappa shape index (κ3) is 3.06. The van der Waals surface area contributed by atoms with Gasteiger partial charge in [-0.3, -0.25) is 0 Å². The van der Waals surface area contributed by atoms with Gasteiger partial charge in [-0.05, 0) is 32.1 Å². The van der Waals surface area contributed by atoms with Crippen LogP contribution in [0.15, 0.2) is 0 Å². The number of rotatable bonds is 4.